The molecule has 0 atom stereocenters. The number of para-hydroxylation sites is 1. The van der Waals surface area contributed by atoms with Gasteiger partial charge in [-0.05, 0) is 48.1 Å². The first-order valence-electron chi connectivity index (χ1n) is 6.63. The van der Waals surface area contributed by atoms with Crippen LogP contribution in [0.2, 0.25) is 5.02 Å². The number of halogens is 1. The first-order chi connectivity index (χ1) is 10.2. The van der Waals surface area contributed by atoms with E-state index >= 15 is 0 Å². The van der Waals surface area contributed by atoms with Gasteiger partial charge in [-0.3, -0.25) is 4.79 Å². The van der Waals surface area contributed by atoms with Crippen LogP contribution in [-0.4, -0.2) is 12.4 Å². The summed E-state index contributed by atoms with van der Waals surface area (Å²) < 4.78 is 5.64. The molecule has 3 rings (SSSR count). The second-order valence-corrected chi connectivity index (χ2v) is 5.19. The predicted molar refractivity (Wildman–Crippen MR) is 84.8 cm³/mol. The lowest BCUT2D eigenvalue weighted by molar-refractivity contribution is 0.104. The largest absolute Gasteiger partial charge is 0.488 e. The lowest BCUT2D eigenvalue weighted by Gasteiger charge is -2.15. The number of ketones is 1. The Balaban J connectivity index is 1.76. The van der Waals surface area contributed by atoms with Gasteiger partial charge in [-0.25, -0.2) is 0 Å². The summed E-state index contributed by atoms with van der Waals surface area (Å²) in [6.45, 7) is 0.474. The number of rotatable bonds is 3. The number of ether oxygens (including phenoxy) is 1. The number of carbonyl (C=O) groups is 1. The summed E-state index contributed by atoms with van der Waals surface area (Å²) in [6, 6.07) is 14.7. The molecule has 0 bridgehead atoms. The zero-order valence-corrected chi connectivity index (χ0v) is 12.0. The molecule has 0 N–H and O–H groups in total. The summed E-state index contributed by atoms with van der Waals surface area (Å²) in [6.07, 6.45) is 5.39. The topological polar surface area (TPSA) is 26.3 Å². The van der Waals surface area contributed by atoms with Gasteiger partial charge in [-0.2, -0.15) is 0 Å². The Kier molecular flexibility index (Phi) is 3.89. The fraction of sp³-hybridized carbons (Fsp3) is 0.0556. The van der Waals surface area contributed by atoms with Gasteiger partial charge in [-0.1, -0.05) is 35.9 Å². The Morgan fingerprint density at radius 3 is 2.67 bits per heavy atom. The molecular formula is C18H13ClO2. The average Bonchev–Trinajstić information content (AvgIpc) is 2.53. The maximum atomic E-state index is 12.0. The quantitative estimate of drug-likeness (QED) is 0.613. The fourth-order valence-corrected chi connectivity index (χ4v) is 2.25. The zero-order chi connectivity index (χ0) is 14.7. The molecular weight excluding hydrogens is 284 g/mol. The molecule has 0 spiro atoms. The summed E-state index contributed by atoms with van der Waals surface area (Å²) in [5, 5.41) is 0.621. The highest BCUT2D eigenvalue weighted by Gasteiger charge is 2.09. The summed E-state index contributed by atoms with van der Waals surface area (Å²) in [7, 11) is 0. The minimum Gasteiger partial charge on any atom is -0.488 e. The van der Waals surface area contributed by atoms with Gasteiger partial charge in [0.25, 0.3) is 0 Å². The van der Waals surface area contributed by atoms with Crippen molar-refractivity contribution in [2.75, 3.05) is 6.61 Å². The molecule has 0 aliphatic carbocycles. The Morgan fingerprint density at radius 2 is 1.86 bits per heavy atom. The molecule has 21 heavy (non-hydrogen) atoms. The molecule has 1 aliphatic heterocycles. The van der Waals surface area contributed by atoms with E-state index in [4.69, 9.17) is 16.3 Å². The van der Waals surface area contributed by atoms with Gasteiger partial charge in [-0.15, -0.1) is 0 Å². The smallest absolute Gasteiger partial charge is 0.185 e. The van der Waals surface area contributed by atoms with Crippen molar-refractivity contribution >= 4 is 23.5 Å². The second-order valence-electron chi connectivity index (χ2n) is 4.75. The molecule has 0 saturated carbocycles. The van der Waals surface area contributed by atoms with Crippen molar-refractivity contribution in [2.45, 2.75) is 0 Å². The molecule has 0 radical (unpaired) electrons. The van der Waals surface area contributed by atoms with Gasteiger partial charge in [0.15, 0.2) is 5.78 Å². The standard InChI is InChI=1S/C18H13ClO2/c19-16-8-6-14(7-9-16)17(20)10-5-13-11-15-3-1-2-4-18(15)21-12-13/h1-11H,12H2/b10-5+. The van der Waals surface area contributed by atoms with Gasteiger partial charge < -0.3 is 4.74 Å². The van der Waals surface area contributed by atoms with Gasteiger partial charge in [0.1, 0.15) is 12.4 Å². The summed E-state index contributed by atoms with van der Waals surface area (Å²) in [4.78, 5) is 12.0. The number of hydrogen-bond donors (Lipinski definition) is 0. The predicted octanol–water partition coefficient (Wildman–Crippen LogP) is 4.55. The first kappa shape index (κ1) is 13.7. The molecule has 0 fully saturated rings. The van der Waals surface area contributed by atoms with Crippen LogP contribution in [0.5, 0.6) is 5.75 Å². The van der Waals surface area contributed by atoms with Crippen LogP contribution in [0.15, 0.2) is 66.3 Å². The monoisotopic (exact) mass is 296 g/mol. The number of hydrogen-bond acceptors (Lipinski definition) is 2. The van der Waals surface area contributed by atoms with Crippen molar-refractivity contribution in [3.63, 3.8) is 0 Å². The highest BCUT2D eigenvalue weighted by atomic mass is 35.5. The van der Waals surface area contributed by atoms with E-state index in [-0.39, 0.29) is 5.78 Å². The van der Waals surface area contributed by atoms with Crippen LogP contribution in [-0.2, 0) is 0 Å². The van der Waals surface area contributed by atoms with Crippen LogP contribution in [0.4, 0.5) is 0 Å². The van der Waals surface area contributed by atoms with Crippen molar-refractivity contribution < 1.29 is 9.53 Å². The molecule has 0 aromatic heterocycles. The van der Waals surface area contributed by atoms with E-state index in [0.717, 1.165) is 16.9 Å². The van der Waals surface area contributed by atoms with E-state index in [1.54, 1.807) is 36.4 Å². The van der Waals surface area contributed by atoms with E-state index < -0.39 is 0 Å². The third-order valence-electron chi connectivity index (χ3n) is 3.23. The lowest BCUT2D eigenvalue weighted by Crippen LogP contribution is -2.06. The highest BCUT2D eigenvalue weighted by Crippen LogP contribution is 2.26. The van der Waals surface area contributed by atoms with Crippen LogP contribution in [0.3, 0.4) is 0 Å². The molecule has 104 valence electrons. The van der Waals surface area contributed by atoms with Crippen LogP contribution >= 0.6 is 11.6 Å². The Bertz CT molecular complexity index is 727. The normalized spacial score (nSPS) is 13.5. The summed E-state index contributed by atoms with van der Waals surface area (Å²) in [5.41, 5.74) is 2.62. The minimum atomic E-state index is -0.0496. The van der Waals surface area contributed by atoms with Crippen molar-refractivity contribution in [3.05, 3.63) is 82.4 Å². The van der Waals surface area contributed by atoms with Gasteiger partial charge in [0.05, 0.1) is 0 Å². The van der Waals surface area contributed by atoms with Crippen molar-refractivity contribution in [1.29, 1.82) is 0 Å². The molecule has 3 heteroatoms. The van der Waals surface area contributed by atoms with Crippen molar-refractivity contribution in [1.82, 2.24) is 0 Å². The van der Waals surface area contributed by atoms with Gasteiger partial charge in [0.2, 0.25) is 0 Å². The maximum Gasteiger partial charge on any atom is 0.185 e. The lowest BCUT2D eigenvalue weighted by atomic mass is 10.1. The summed E-state index contributed by atoms with van der Waals surface area (Å²) in [5.74, 6) is 0.824. The molecule has 0 saturated heterocycles. The van der Waals surface area contributed by atoms with Gasteiger partial charge >= 0.3 is 0 Å². The van der Waals surface area contributed by atoms with E-state index in [1.165, 1.54) is 0 Å². The van der Waals surface area contributed by atoms with E-state index in [1.807, 2.05) is 30.3 Å². The number of benzene rings is 2. The van der Waals surface area contributed by atoms with E-state index in [2.05, 4.69) is 0 Å². The highest BCUT2D eigenvalue weighted by molar-refractivity contribution is 6.30. The Morgan fingerprint density at radius 1 is 1.10 bits per heavy atom. The second kappa shape index (κ2) is 5.98. The van der Waals surface area contributed by atoms with E-state index in [0.29, 0.717) is 17.2 Å². The minimum absolute atomic E-state index is 0.0496. The third kappa shape index (κ3) is 3.23. The number of carbonyl (C=O) groups excluding carboxylic acids is 1. The Hall–Kier alpha value is -2.32. The molecule has 2 aromatic rings. The SMILES string of the molecule is O=C(/C=C/C1=Cc2ccccc2OC1)c1ccc(Cl)cc1. The number of fused-ring (bicyclic) bond motifs is 1. The maximum absolute atomic E-state index is 12.0. The molecule has 1 aliphatic rings. The first-order valence-corrected chi connectivity index (χ1v) is 7.00. The average molecular weight is 297 g/mol. The molecule has 1 heterocycles. The van der Waals surface area contributed by atoms with Crippen molar-refractivity contribution in [2.24, 2.45) is 0 Å². The number of allylic oxidation sites excluding steroid dienone is 1. The molecule has 0 unspecified atom stereocenters. The molecule has 2 nitrogen and oxygen atoms in total. The molecule has 2 aromatic carbocycles. The van der Waals surface area contributed by atoms with Crippen molar-refractivity contribution in [3.8, 4) is 5.75 Å². The van der Waals surface area contributed by atoms with Crippen LogP contribution in [0, 0.1) is 0 Å². The Labute approximate surface area is 128 Å². The van der Waals surface area contributed by atoms with Crippen LogP contribution in [0.25, 0.3) is 6.08 Å². The molecule has 0 amide bonds. The fourth-order valence-electron chi connectivity index (χ4n) is 2.12. The van der Waals surface area contributed by atoms with Crippen LogP contribution < -0.4 is 4.74 Å². The third-order valence-corrected chi connectivity index (χ3v) is 3.48. The zero-order valence-electron chi connectivity index (χ0n) is 11.3. The van der Waals surface area contributed by atoms with Gasteiger partial charge in [0, 0.05) is 16.1 Å². The van der Waals surface area contributed by atoms with E-state index in [9.17, 15) is 4.79 Å². The van der Waals surface area contributed by atoms with Crippen LogP contribution in [0.1, 0.15) is 15.9 Å². The summed E-state index contributed by atoms with van der Waals surface area (Å²) >= 11 is 5.81.